The lowest BCUT2D eigenvalue weighted by molar-refractivity contribution is 0.150. The lowest BCUT2D eigenvalue weighted by Gasteiger charge is -2.36. The molecule has 28 heavy (non-hydrogen) atoms. The molecule has 8 nitrogen and oxygen atoms in total. The van der Waals surface area contributed by atoms with Crippen molar-refractivity contribution in [1.82, 2.24) is 19.8 Å². The maximum atomic E-state index is 6.34. The average molecular weight is 384 g/mol. The van der Waals surface area contributed by atoms with Gasteiger partial charge in [0.05, 0.1) is 18.8 Å². The summed E-state index contributed by atoms with van der Waals surface area (Å²) >= 11 is 0. The van der Waals surface area contributed by atoms with Crippen molar-refractivity contribution in [2.75, 3.05) is 50.7 Å². The Morgan fingerprint density at radius 3 is 2.46 bits per heavy atom. The number of hydrogen-bond acceptors (Lipinski definition) is 6. The van der Waals surface area contributed by atoms with Crippen molar-refractivity contribution < 1.29 is 4.42 Å². The van der Waals surface area contributed by atoms with Crippen molar-refractivity contribution in [3.05, 3.63) is 42.6 Å². The fourth-order valence-electron chi connectivity index (χ4n) is 3.97. The normalized spacial score (nSPS) is 20.4. The van der Waals surface area contributed by atoms with E-state index in [9.17, 15) is 0 Å². The molecule has 2 aromatic heterocycles. The minimum atomic E-state index is 0.160. The molecular formula is C20H29N7O. The van der Waals surface area contributed by atoms with Crippen LogP contribution < -0.4 is 10.6 Å². The topological polar surface area (TPSA) is 87.0 Å². The average Bonchev–Trinajstić information content (AvgIpc) is 3.30. The third-order valence-corrected chi connectivity index (χ3v) is 5.57. The smallest absolute Gasteiger partial charge is 0.225 e. The SMILES string of the molecule is NC(=NCC(c1ccco1)N1CCCCC1)N1CCN(c2ncccn2)CC1. The van der Waals surface area contributed by atoms with E-state index in [0.29, 0.717) is 12.5 Å². The first kappa shape index (κ1) is 18.7. The van der Waals surface area contributed by atoms with E-state index < -0.39 is 0 Å². The van der Waals surface area contributed by atoms with Crippen molar-refractivity contribution >= 4 is 11.9 Å². The largest absolute Gasteiger partial charge is 0.468 e. The molecule has 0 saturated carbocycles. The monoisotopic (exact) mass is 383 g/mol. The molecule has 2 aliphatic rings. The summed E-state index contributed by atoms with van der Waals surface area (Å²) in [6.07, 6.45) is 9.08. The highest BCUT2D eigenvalue weighted by Crippen LogP contribution is 2.25. The van der Waals surface area contributed by atoms with E-state index in [2.05, 4.69) is 24.7 Å². The number of aliphatic imine (C=N–C) groups is 1. The van der Waals surface area contributed by atoms with Gasteiger partial charge in [0.25, 0.3) is 0 Å². The molecule has 0 spiro atoms. The number of nitrogens with zero attached hydrogens (tertiary/aromatic N) is 6. The van der Waals surface area contributed by atoms with Crippen LogP contribution in [0, 0.1) is 0 Å². The van der Waals surface area contributed by atoms with Gasteiger partial charge in [0.2, 0.25) is 5.95 Å². The fraction of sp³-hybridized carbons (Fsp3) is 0.550. The summed E-state index contributed by atoms with van der Waals surface area (Å²) in [6, 6.07) is 5.99. The summed E-state index contributed by atoms with van der Waals surface area (Å²) in [4.78, 5) is 20.2. The molecule has 2 saturated heterocycles. The standard InChI is InChI=1S/C20H29N7O/c21-19(26-11-13-27(14-12-26)20-22-7-5-8-23-20)24-16-17(18-6-4-15-28-18)25-9-2-1-3-10-25/h4-8,15,17H,1-3,9-14,16H2,(H2,21,24). The van der Waals surface area contributed by atoms with Crippen LogP contribution >= 0.6 is 0 Å². The van der Waals surface area contributed by atoms with E-state index in [1.165, 1.54) is 19.3 Å². The highest BCUT2D eigenvalue weighted by Gasteiger charge is 2.25. The highest BCUT2D eigenvalue weighted by atomic mass is 16.3. The summed E-state index contributed by atoms with van der Waals surface area (Å²) in [7, 11) is 0. The Labute approximate surface area is 166 Å². The lowest BCUT2D eigenvalue weighted by Crippen LogP contribution is -2.51. The van der Waals surface area contributed by atoms with Crippen LogP contribution in [0.5, 0.6) is 0 Å². The van der Waals surface area contributed by atoms with E-state index in [-0.39, 0.29) is 6.04 Å². The number of furan rings is 1. The highest BCUT2D eigenvalue weighted by molar-refractivity contribution is 5.78. The number of piperidine rings is 1. The molecule has 4 heterocycles. The van der Waals surface area contributed by atoms with Crippen LogP contribution in [0.1, 0.15) is 31.1 Å². The second-order valence-corrected chi connectivity index (χ2v) is 7.35. The zero-order chi connectivity index (χ0) is 19.2. The quantitative estimate of drug-likeness (QED) is 0.621. The third kappa shape index (κ3) is 4.44. The molecule has 4 rings (SSSR count). The van der Waals surface area contributed by atoms with Crippen LogP contribution in [0.2, 0.25) is 0 Å². The van der Waals surface area contributed by atoms with Gasteiger partial charge in [0.15, 0.2) is 5.96 Å². The number of guanidine groups is 1. The van der Waals surface area contributed by atoms with Gasteiger partial charge < -0.3 is 20.0 Å². The minimum Gasteiger partial charge on any atom is -0.468 e. The zero-order valence-corrected chi connectivity index (χ0v) is 16.3. The van der Waals surface area contributed by atoms with Gasteiger partial charge in [-0.05, 0) is 44.1 Å². The number of anilines is 1. The van der Waals surface area contributed by atoms with Gasteiger partial charge >= 0.3 is 0 Å². The first-order valence-corrected chi connectivity index (χ1v) is 10.2. The van der Waals surface area contributed by atoms with Crippen molar-refractivity contribution in [2.24, 2.45) is 10.7 Å². The Morgan fingerprint density at radius 1 is 1.04 bits per heavy atom. The van der Waals surface area contributed by atoms with Gasteiger partial charge in [-0.2, -0.15) is 0 Å². The van der Waals surface area contributed by atoms with Crippen LogP contribution in [0.25, 0.3) is 0 Å². The minimum absolute atomic E-state index is 0.160. The van der Waals surface area contributed by atoms with Gasteiger partial charge in [0, 0.05) is 38.6 Å². The molecule has 2 fully saturated rings. The Morgan fingerprint density at radius 2 is 1.79 bits per heavy atom. The summed E-state index contributed by atoms with van der Waals surface area (Å²) < 4.78 is 5.70. The van der Waals surface area contributed by atoms with Crippen molar-refractivity contribution in [1.29, 1.82) is 0 Å². The van der Waals surface area contributed by atoms with Crippen LogP contribution in [-0.4, -0.2) is 71.5 Å². The van der Waals surface area contributed by atoms with E-state index >= 15 is 0 Å². The molecule has 1 atom stereocenters. The van der Waals surface area contributed by atoms with Gasteiger partial charge in [0.1, 0.15) is 5.76 Å². The van der Waals surface area contributed by atoms with Crippen molar-refractivity contribution in [3.8, 4) is 0 Å². The van der Waals surface area contributed by atoms with E-state index in [0.717, 1.165) is 51.0 Å². The van der Waals surface area contributed by atoms with E-state index in [4.69, 9.17) is 15.1 Å². The van der Waals surface area contributed by atoms with Crippen LogP contribution in [0.4, 0.5) is 5.95 Å². The Hall–Kier alpha value is -2.61. The molecule has 0 radical (unpaired) electrons. The molecule has 2 aromatic rings. The van der Waals surface area contributed by atoms with E-state index in [1.54, 1.807) is 18.7 Å². The Kier molecular flexibility index (Phi) is 6.06. The predicted octanol–water partition coefficient (Wildman–Crippen LogP) is 1.73. The lowest BCUT2D eigenvalue weighted by atomic mass is 10.1. The molecule has 0 aliphatic carbocycles. The number of hydrogen-bond donors (Lipinski definition) is 1. The van der Waals surface area contributed by atoms with Crippen LogP contribution in [0.15, 0.2) is 46.3 Å². The molecule has 0 amide bonds. The first-order valence-electron chi connectivity index (χ1n) is 10.2. The van der Waals surface area contributed by atoms with Crippen LogP contribution in [-0.2, 0) is 0 Å². The Bertz CT molecular complexity index is 735. The van der Waals surface area contributed by atoms with Gasteiger partial charge in [-0.15, -0.1) is 0 Å². The number of aromatic nitrogens is 2. The molecule has 8 heteroatoms. The summed E-state index contributed by atoms with van der Waals surface area (Å²) in [5, 5.41) is 0. The molecule has 2 N–H and O–H groups in total. The van der Waals surface area contributed by atoms with Gasteiger partial charge in [-0.25, -0.2) is 9.97 Å². The summed E-state index contributed by atoms with van der Waals surface area (Å²) in [5.74, 6) is 2.37. The second-order valence-electron chi connectivity index (χ2n) is 7.35. The third-order valence-electron chi connectivity index (χ3n) is 5.57. The number of nitrogens with two attached hydrogens (primary N) is 1. The molecule has 150 valence electrons. The second kappa shape index (κ2) is 9.05. The molecule has 0 aromatic carbocycles. The van der Waals surface area contributed by atoms with Crippen molar-refractivity contribution in [2.45, 2.75) is 25.3 Å². The predicted molar refractivity (Wildman–Crippen MR) is 109 cm³/mol. The number of rotatable bonds is 5. The molecule has 2 aliphatic heterocycles. The molecular weight excluding hydrogens is 354 g/mol. The van der Waals surface area contributed by atoms with Crippen molar-refractivity contribution in [3.63, 3.8) is 0 Å². The van der Waals surface area contributed by atoms with Gasteiger partial charge in [-0.3, -0.25) is 9.89 Å². The number of piperazine rings is 1. The summed E-state index contributed by atoms with van der Waals surface area (Å²) in [5.41, 5.74) is 6.34. The molecule has 1 unspecified atom stereocenters. The first-order chi connectivity index (χ1) is 13.8. The maximum absolute atomic E-state index is 6.34. The fourth-order valence-corrected chi connectivity index (χ4v) is 3.97. The van der Waals surface area contributed by atoms with E-state index in [1.807, 2.05) is 18.2 Å². The summed E-state index contributed by atoms with van der Waals surface area (Å²) in [6.45, 7) is 6.14. The van der Waals surface area contributed by atoms with Gasteiger partial charge in [-0.1, -0.05) is 6.42 Å². The molecule has 0 bridgehead atoms. The number of likely N-dealkylation sites (tertiary alicyclic amines) is 1. The van der Waals surface area contributed by atoms with Crippen LogP contribution in [0.3, 0.4) is 0 Å². The maximum Gasteiger partial charge on any atom is 0.225 e. The zero-order valence-electron chi connectivity index (χ0n) is 16.3. The Balaban J connectivity index is 1.36.